The Bertz CT molecular complexity index is 808. The summed E-state index contributed by atoms with van der Waals surface area (Å²) in [5.74, 6) is -2.44. The highest BCUT2D eigenvalue weighted by Gasteiger charge is 2.47. The van der Waals surface area contributed by atoms with Crippen molar-refractivity contribution in [3.63, 3.8) is 0 Å². The predicted molar refractivity (Wildman–Crippen MR) is 179 cm³/mol. The van der Waals surface area contributed by atoms with Gasteiger partial charge in [-0.05, 0) is 12.8 Å². The van der Waals surface area contributed by atoms with Crippen LogP contribution in [-0.2, 0) is 33.3 Å². The molecule has 11 heteroatoms. The van der Waals surface area contributed by atoms with Crippen molar-refractivity contribution in [1.29, 1.82) is 0 Å². The molecule has 1 heterocycles. The van der Waals surface area contributed by atoms with Gasteiger partial charge in [-0.25, -0.2) is 4.79 Å². The van der Waals surface area contributed by atoms with Crippen LogP contribution in [0.1, 0.15) is 162 Å². The number of unbranched alkanes of at least 4 members (excludes halogenated alkanes) is 19. The summed E-state index contributed by atoms with van der Waals surface area (Å²) in [7, 11) is 0. The molecule has 276 valence electrons. The van der Waals surface area contributed by atoms with Crippen molar-refractivity contribution in [2.75, 3.05) is 13.2 Å². The summed E-state index contributed by atoms with van der Waals surface area (Å²) in [6, 6.07) is 0. The molecule has 0 amide bonds. The Morgan fingerprint density at radius 2 is 1.00 bits per heavy atom. The molecule has 0 saturated carbocycles. The van der Waals surface area contributed by atoms with Crippen LogP contribution in [0, 0.1) is 0 Å². The van der Waals surface area contributed by atoms with Crippen LogP contribution in [0.25, 0.3) is 0 Å². The molecule has 1 rings (SSSR count). The van der Waals surface area contributed by atoms with Crippen LogP contribution in [-0.4, -0.2) is 88.4 Å². The van der Waals surface area contributed by atoms with Crippen LogP contribution < -0.4 is 0 Å². The number of carbonyl (C=O) groups is 3. The average molecular weight is 675 g/mol. The van der Waals surface area contributed by atoms with Gasteiger partial charge >= 0.3 is 17.9 Å². The molecule has 0 radical (unpaired) electrons. The van der Waals surface area contributed by atoms with Gasteiger partial charge in [0.25, 0.3) is 0 Å². The number of esters is 2. The summed E-state index contributed by atoms with van der Waals surface area (Å²) in [6.07, 6.45) is 14.6. The molecule has 47 heavy (non-hydrogen) atoms. The molecule has 0 aliphatic carbocycles. The second kappa shape index (κ2) is 28.1. The van der Waals surface area contributed by atoms with Crippen LogP contribution in [0.2, 0.25) is 0 Å². The van der Waals surface area contributed by atoms with Crippen molar-refractivity contribution in [2.24, 2.45) is 0 Å². The van der Waals surface area contributed by atoms with Gasteiger partial charge in [-0.1, -0.05) is 136 Å². The topological polar surface area (TPSA) is 169 Å². The van der Waals surface area contributed by atoms with E-state index in [1.807, 2.05) is 0 Å². The maximum Gasteiger partial charge on any atom is 0.335 e. The van der Waals surface area contributed by atoms with Crippen LogP contribution in [0.5, 0.6) is 0 Å². The fourth-order valence-electron chi connectivity index (χ4n) is 5.70. The summed E-state index contributed by atoms with van der Waals surface area (Å²) in [4.78, 5) is 36.5. The van der Waals surface area contributed by atoms with Crippen LogP contribution in [0.15, 0.2) is 0 Å². The number of carboxylic acids is 1. The second-order valence-corrected chi connectivity index (χ2v) is 13.1. The number of carboxylic acid groups (broad SMARTS) is 1. The molecule has 0 aromatic heterocycles. The molecule has 6 atom stereocenters. The number of rotatable bonds is 30. The van der Waals surface area contributed by atoms with Crippen LogP contribution >= 0.6 is 0 Å². The first kappa shape index (κ1) is 43.2. The Morgan fingerprint density at radius 3 is 1.45 bits per heavy atom. The second-order valence-electron chi connectivity index (χ2n) is 13.1. The van der Waals surface area contributed by atoms with Gasteiger partial charge in [-0.3, -0.25) is 9.59 Å². The normalized spacial score (nSPS) is 21.8. The average Bonchev–Trinajstić information content (AvgIpc) is 3.05. The van der Waals surface area contributed by atoms with Gasteiger partial charge in [0, 0.05) is 12.8 Å². The lowest BCUT2D eigenvalue weighted by molar-refractivity contribution is -0.298. The third kappa shape index (κ3) is 21.0. The maximum absolute atomic E-state index is 12.6. The van der Waals surface area contributed by atoms with Crippen molar-refractivity contribution in [3.05, 3.63) is 0 Å². The minimum atomic E-state index is -1.85. The highest BCUT2D eigenvalue weighted by molar-refractivity contribution is 5.73. The third-order valence-electron chi connectivity index (χ3n) is 8.71. The summed E-state index contributed by atoms with van der Waals surface area (Å²) < 4.78 is 21.6. The number of aliphatic carboxylic acids is 1. The van der Waals surface area contributed by atoms with Gasteiger partial charge in [0.1, 0.15) is 24.9 Å². The molecule has 0 aromatic carbocycles. The zero-order valence-electron chi connectivity index (χ0n) is 29.3. The number of carbonyl (C=O) groups excluding carboxylic acids is 2. The molecular weight excluding hydrogens is 608 g/mol. The fraction of sp³-hybridized carbons (Fsp3) is 0.917. The van der Waals surface area contributed by atoms with Gasteiger partial charge in [0.2, 0.25) is 0 Å². The van der Waals surface area contributed by atoms with Crippen molar-refractivity contribution in [3.8, 4) is 0 Å². The number of ether oxygens (including phenoxy) is 4. The molecule has 0 bridgehead atoms. The quantitative estimate of drug-likeness (QED) is 0.0494. The molecule has 1 aliphatic rings. The fourth-order valence-corrected chi connectivity index (χ4v) is 5.70. The number of aliphatic hydroxyl groups is 3. The van der Waals surface area contributed by atoms with E-state index in [4.69, 9.17) is 18.9 Å². The number of hydrogen-bond donors (Lipinski definition) is 4. The zero-order chi connectivity index (χ0) is 34.7. The van der Waals surface area contributed by atoms with Crippen LogP contribution in [0.4, 0.5) is 0 Å². The highest BCUT2D eigenvalue weighted by atomic mass is 16.7. The largest absolute Gasteiger partial charge is 0.479 e. The summed E-state index contributed by atoms with van der Waals surface area (Å²) in [5.41, 5.74) is 0. The molecule has 6 unspecified atom stereocenters. The maximum atomic E-state index is 12.6. The van der Waals surface area contributed by atoms with Gasteiger partial charge in [-0.2, -0.15) is 0 Å². The van der Waals surface area contributed by atoms with Crippen LogP contribution in [0.3, 0.4) is 0 Å². The predicted octanol–water partition coefficient (Wildman–Crippen LogP) is 6.36. The minimum Gasteiger partial charge on any atom is -0.479 e. The van der Waals surface area contributed by atoms with E-state index in [0.717, 1.165) is 38.5 Å². The van der Waals surface area contributed by atoms with E-state index in [1.54, 1.807) is 0 Å². The zero-order valence-corrected chi connectivity index (χ0v) is 29.3. The molecular formula is C36H66O11. The van der Waals surface area contributed by atoms with E-state index in [-0.39, 0.29) is 26.1 Å². The Kier molecular flexibility index (Phi) is 25.8. The van der Waals surface area contributed by atoms with Gasteiger partial charge in [-0.15, -0.1) is 0 Å². The molecule has 11 nitrogen and oxygen atoms in total. The Labute approximate surface area is 283 Å². The molecule has 1 aliphatic heterocycles. The first-order chi connectivity index (χ1) is 22.7. The molecule has 0 aromatic rings. The summed E-state index contributed by atoms with van der Waals surface area (Å²) in [6.45, 7) is 3.76. The standard InChI is InChI=1S/C36H66O11/c1-3-5-7-9-11-13-15-17-18-20-22-24-29(37)44-26-28(27-45-36-33(41)31(39)32(40)34(47-36)35(42)43)46-30(38)25-23-21-19-16-14-12-10-8-6-4-2/h28,31-34,36,39-41H,3-27H2,1-2H3,(H,42,43). The van der Waals surface area contributed by atoms with Gasteiger partial charge in [0.15, 0.2) is 18.5 Å². The van der Waals surface area contributed by atoms with Crippen molar-refractivity contribution in [1.82, 2.24) is 0 Å². The summed E-state index contributed by atoms with van der Waals surface area (Å²) in [5, 5.41) is 39.5. The van der Waals surface area contributed by atoms with E-state index >= 15 is 0 Å². The molecule has 1 fully saturated rings. The molecule has 4 N–H and O–H groups in total. The molecule has 0 spiro atoms. The van der Waals surface area contributed by atoms with Crippen molar-refractivity contribution >= 4 is 17.9 Å². The van der Waals surface area contributed by atoms with E-state index in [0.29, 0.717) is 12.8 Å². The Hall–Kier alpha value is -1.79. The first-order valence-corrected chi connectivity index (χ1v) is 18.6. The highest BCUT2D eigenvalue weighted by Crippen LogP contribution is 2.23. The number of hydrogen-bond acceptors (Lipinski definition) is 10. The SMILES string of the molecule is CCCCCCCCCCCCCC(=O)OCC(COC1OC(C(=O)O)C(O)C(O)C1O)OC(=O)CCCCCCCCCCCC. The minimum absolute atomic E-state index is 0.189. The summed E-state index contributed by atoms with van der Waals surface area (Å²) >= 11 is 0. The van der Waals surface area contributed by atoms with E-state index in [9.17, 15) is 34.8 Å². The third-order valence-corrected chi connectivity index (χ3v) is 8.71. The number of aliphatic hydroxyl groups excluding tert-OH is 3. The van der Waals surface area contributed by atoms with Gasteiger partial charge < -0.3 is 39.4 Å². The van der Waals surface area contributed by atoms with Crippen molar-refractivity contribution in [2.45, 2.75) is 198 Å². The van der Waals surface area contributed by atoms with Crippen molar-refractivity contribution < 1.29 is 53.8 Å². The van der Waals surface area contributed by atoms with E-state index < -0.39 is 54.7 Å². The Balaban J connectivity index is 2.46. The monoisotopic (exact) mass is 674 g/mol. The smallest absolute Gasteiger partial charge is 0.335 e. The van der Waals surface area contributed by atoms with E-state index in [2.05, 4.69) is 13.8 Å². The lowest BCUT2D eigenvalue weighted by Crippen LogP contribution is -2.60. The van der Waals surface area contributed by atoms with Gasteiger partial charge in [0.05, 0.1) is 6.61 Å². The molecule has 1 saturated heterocycles. The first-order valence-electron chi connectivity index (χ1n) is 18.6. The lowest BCUT2D eigenvalue weighted by atomic mass is 9.99. The lowest BCUT2D eigenvalue weighted by Gasteiger charge is -2.38. The Morgan fingerprint density at radius 1 is 0.574 bits per heavy atom. The van der Waals surface area contributed by atoms with E-state index in [1.165, 1.54) is 83.5 Å².